The van der Waals surface area contributed by atoms with Gasteiger partial charge in [-0.2, -0.15) is 0 Å². The molecule has 0 unspecified atom stereocenters. The fourth-order valence-corrected chi connectivity index (χ4v) is 2.49. The summed E-state index contributed by atoms with van der Waals surface area (Å²) in [7, 11) is 1.57. The monoisotopic (exact) mass is 317 g/mol. The summed E-state index contributed by atoms with van der Waals surface area (Å²) in [6, 6.07) is 7.22. The largest absolute Gasteiger partial charge is 0.497 e. The molecule has 9 heteroatoms. The molecule has 2 aromatic rings. The third-order valence-corrected chi connectivity index (χ3v) is 3.59. The standard InChI is InChI=1S/C14H15N5O4/c1-23-10-4-2-9(3-5-10)17-6-7-18-12(21)13(22)19(8-11(15)20)16-14(17)18/h2-5H,6-8H2,1H3,(H2,15,20). The van der Waals surface area contributed by atoms with Crippen molar-refractivity contribution in [3.8, 4) is 5.75 Å². The van der Waals surface area contributed by atoms with Crippen LogP contribution in [0.2, 0.25) is 0 Å². The topological polar surface area (TPSA) is 112 Å². The number of hydrogen-bond donors (Lipinski definition) is 1. The van der Waals surface area contributed by atoms with Crippen LogP contribution in [0.15, 0.2) is 33.9 Å². The normalized spacial score (nSPS) is 13.0. The lowest BCUT2D eigenvalue weighted by molar-refractivity contribution is -0.118. The fraction of sp³-hybridized carbons (Fsp3) is 0.286. The molecule has 0 radical (unpaired) electrons. The van der Waals surface area contributed by atoms with Crippen LogP contribution in [0, 0.1) is 0 Å². The summed E-state index contributed by atoms with van der Waals surface area (Å²) in [6.07, 6.45) is 0. The molecule has 2 heterocycles. The Bertz CT molecular complexity index is 868. The first-order valence-electron chi connectivity index (χ1n) is 6.93. The van der Waals surface area contributed by atoms with Crippen molar-refractivity contribution in [2.75, 3.05) is 18.6 Å². The second-order valence-corrected chi connectivity index (χ2v) is 5.04. The number of carbonyl (C=O) groups excluding carboxylic acids is 1. The molecule has 0 bridgehead atoms. The maximum atomic E-state index is 12.1. The van der Waals surface area contributed by atoms with Gasteiger partial charge in [-0.25, -0.2) is 4.68 Å². The molecule has 1 amide bonds. The van der Waals surface area contributed by atoms with Crippen molar-refractivity contribution in [2.45, 2.75) is 13.1 Å². The quantitative estimate of drug-likeness (QED) is 0.728. The van der Waals surface area contributed by atoms with Gasteiger partial charge in [-0.1, -0.05) is 0 Å². The fourth-order valence-electron chi connectivity index (χ4n) is 2.49. The van der Waals surface area contributed by atoms with E-state index >= 15 is 0 Å². The molecule has 1 aliphatic heterocycles. The van der Waals surface area contributed by atoms with Gasteiger partial charge in [-0.15, -0.1) is 5.10 Å². The van der Waals surface area contributed by atoms with E-state index in [4.69, 9.17) is 10.5 Å². The maximum absolute atomic E-state index is 12.1. The Kier molecular flexibility index (Phi) is 3.61. The maximum Gasteiger partial charge on any atom is 0.333 e. The number of anilines is 2. The lowest BCUT2D eigenvalue weighted by Gasteiger charge is -2.18. The summed E-state index contributed by atoms with van der Waals surface area (Å²) >= 11 is 0. The predicted molar refractivity (Wildman–Crippen MR) is 82.0 cm³/mol. The van der Waals surface area contributed by atoms with E-state index in [-0.39, 0.29) is 0 Å². The number of carbonyl (C=O) groups is 1. The minimum absolute atomic E-state index is 0.306. The Hall–Kier alpha value is -3.10. The van der Waals surface area contributed by atoms with Crippen LogP contribution in [0.25, 0.3) is 0 Å². The number of fused-ring (bicyclic) bond motifs is 1. The van der Waals surface area contributed by atoms with Gasteiger partial charge in [0, 0.05) is 18.8 Å². The molecular formula is C14H15N5O4. The van der Waals surface area contributed by atoms with E-state index in [1.54, 1.807) is 24.1 Å². The van der Waals surface area contributed by atoms with Crippen molar-refractivity contribution in [3.63, 3.8) is 0 Å². The van der Waals surface area contributed by atoms with Crippen LogP contribution in [-0.2, 0) is 17.9 Å². The second-order valence-electron chi connectivity index (χ2n) is 5.04. The number of nitrogens with zero attached hydrogens (tertiary/aromatic N) is 4. The van der Waals surface area contributed by atoms with Crippen molar-refractivity contribution >= 4 is 17.5 Å². The smallest absolute Gasteiger partial charge is 0.333 e. The molecule has 1 aromatic heterocycles. The van der Waals surface area contributed by atoms with Gasteiger partial charge < -0.3 is 15.4 Å². The van der Waals surface area contributed by atoms with Crippen molar-refractivity contribution < 1.29 is 9.53 Å². The number of methoxy groups -OCH3 is 1. The number of aromatic nitrogens is 3. The molecule has 120 valence electrons. The minimum atomic E-state index is -0.857. The third kappa shape index (κ3) is 2.56. The Morgan fingerprint density at radius 2 is 1.91 bits per heavy atom. The van der Waals surface area contributed by atoms with Gasteiger partial charge in [0.1, 0.15) is 12.3 Å². The van der Waals surface area contributed by atoms with Crippen LogP contribution < -0.4 is 26.5 Å². The van der Waals surface area contributed by atoms with E-state index in [0.717, 1.165) is 10.4 Å². The second kappa shape index (κ2) is 5.59. The SMILES string of the molecule is COc1ccc(N2CCn3c2nn(CC(N)=O)c(=O)c3=O)cc1. The van der Waals surface area contributed by atoms with Gasteiger partial charge in [0.15, 0.2) is 0 Å². The van der Waals surface area contributed by atoms with Crippen molar-refractivity contribution in [1.29, 1.82) is 0 Å². The zero-order valence-corrected chi connectivity index (χ0v) is 12.4. The Morgan fingerprint density at radius 3 is 2.52 bits per heavy atom. The summed E-state index contributed by atoms with van der Waals surface area (Å²) in [5, 5.41) is 4.12. The molecule has 3 rings (SSSR count). The zero-order valence-electron chi connectivity index (χ0n) is 12.4. The number of hydrogen-bond acceptors (Lipinski definition) is 6. The number of nitrogens with two attached hydrogens (primary N) is 1. The first-order valence-corrected chi connectivity index (χ1v) is 6.93. The van der Waals surface area contributed by atoms with Crippen LogP contribution in [0.4, 0.5) is 11.6 Å². The molecule has 2 N–H and O–H groups in total. The molecular weight excluding hydrogens is 302 g/mol. The summed E-state index contributed by atoms with van der Waals surface area (Å²) < 4.78 is 7.21. The van der Waals surface area contributed by atoms with Crippen LogP contribution in [0.1, 0.15) is 0 Å². The van der Waals surface area contributed by atoms with E-state index in [1.807, 2.05) is 12.1 Å². The number of rotatable bonds is 4. The molecule has 9 nitrogen and oxygen atoms in total. The van der Waals surface area contributed by atoms with Crippen LogP contribution in [-0.4, -0.2) is 33.9 Å². The summed E-state index contributed by atoms with van der Waals surface area (Å²) in [6.45, 7) is 0.410. The first-order chi connectivity index (χ1) is 11.0. The van der Waals surface area contributed by atoms with Gasteiger partial charge in [-0.05, 0) is 24.3 Å². The van der Waals surface area contributed by atoms with Crippen LogP contribution >= 0.6 is 0 Å². The molecule has 0 saturated carbocycles. The Labute approximate surface area is 130 Å². The summed E-state index contributed by atoms with van der Waals surface area (Å²) in [4.78, 5) is 36.9. The highest BCUT2D eigenvalue weighted by molar-refractivity contribution is 5.73. The van der Waals surface area contributed by atoms with Gasteiger partial charge >= 0.3 is 11.1 Å². The number of benzene rings is 1. The predicted octanol–water partition coefficient (Wildman–Crippen LogP) is -0.949. The van der Waals surface area contributed by atoms with E-state index in [1.165, 1.54) is 4.57 Å². The lowest BCUT2D eigenvalue weighted by atomic mass is 10.3. The third-order valence-electron chi connectivity index (χ3n) is 3.59. The van der Waals surface area contributed by atoms with E-state index < -0.39 is 23.6 Å². The highest BCUT2D eigenvalue weighted by Gasteiger charge is 2.26. The van der Waals surface area contributed by atoms with E-state index in [0.29, 0.717) is 24.8 Å². The van der Waals surface area contributed by atoms with Crippen LogP contribution in [0.3, 0.4) is 0 Å². The van der Waals surface area contributed by atoms with E-state index in [2.05, 4.69) is 5.10 Å². The molecule has 23 heavy (non-hydrogen) atoms. The number of ether oxygens (including phenoxy) is 1. The number of amides is 1. The average molecular weight is 317 g/mol. The average Bonchev–Trinajstić information content (AvgIpc) is 2.96. The zero-order chi connectivity index (χ0) is 16.6. The van der Waals surface area contributed by atoms with E-state index in [9.17, 15) is 14.4 Å². The van der Waals surface area contributed by atoms with Gasteiger partial charge in [-0.3, -0.25) is 19.0 Å². The van der Waals surface area contributed by atoms with Crippen molar-refractivity contribution in [1.82, 2.24) is 14.3 Å². The van der Waals surface area contributed by atoms with Gasteiger partial charge in [0.2, 0.25) is 11.9 Å². The van der Waals surface area contributed by atoms with Crippen molar-refractivity contribution in [2.24, 2.45) is 5.73 Å². The Morgan fingerprint density at radius 1 is 1.22 bits per heavy atom. The lowest BCUT2D eigenvalue weighted by Crippen LogP contribution is -2.44. The van der Waals surface area contributed by atoms with Gasteiger partial charge in [0.05, 0.1) is 7.11 Å². The molecule has 1 aliphatic rings. The molecule has 0 aliphatic carbocycles. The number of primary amides is 1. The minimum Gasteiger partial charge on any atom is -0.497 e. The van der Waals surface area contributed by atoms with Gasteiger partial charge in [0.25, 0.3) is 0 Å². The molecule has 0 atom stereocenters. The van der Waals surface area contributed by atoms with Crippen molar-refractivity contribution in [3.05, 3.63) is 45.0 Å². The summed E-state index contributed by atoms with van der Waals surface area (Å²) in [5.41, 5.74) is 4.32. The van der Waals surface area contributed by atoms with Crippen LogP contribution in [0.5, 0.6) is 5.75 Å². The highest BCUT2D eigenvalue weighted by atomic mass is 16.5. The molecule has 0 fully saturated rings. The molecule has 0 saturated heterocycles. The Balaban J connectivity index is 2.07. The highest BCUT2D eigenvalue weighted by Crippen LogP contribution is 2.27. The molecule has 0 spiro atoms. The summed E-state index contributed by atoms with van der Waals surface area (Å²) in [5.74, 6) is 0.274. The first kappa shape index (κ1) is 14.8. The molecule has 1 aromatic carbocycles.